The lowest BCUT2D eigenvalue weighted by atomic mass is 9.92. The van der Waals surface area contributed by atoms with Gasteiger partial charge in [-0.25, -0.2) is 0 Å². The van der Waals surface area contributed by atoms with Gasteiger partial charge in [0.2, 0.25) is 5.91 Å². The summed E-state index contributed by atoms with van der Waals surface area (Å²) in [6.07, 6.45) is 4.03. The summed E-state index contributed by atoms with van der Waals surface area (Å²) in [7, 11) is 0. The van der Waals surface area contributed by atoms with Crippen LogP contribution < -0.4 is 10.1 Å². The van der Waals surface area contributed by atoms with Gasteiger partial charge in [-0.1, -0.05) is 20.8 Å². The maximum atomic E-state index is 13.3. The van der Waals surface area contributed by atoms with Gasteiger partial charge in [0.25, 0.3) is 5.69 Å². The molecular weight excluding hydrogens is 537 g/mol. The van der Waals surface area contributed by atoms with E-state index in [2.05, 4.69) is 24.1 Å². The van der Waals surface area contributed by atoms with Crippen LogP contribution in [0.1, 0.15) is 83.4 Å². The van der Waals surface area contributed by atoms with E-state index in [-0.39, 0.29) is 23.7 Å². The van der Waals surface area contributed by atoms with Crippen molar-refractivity contribution >= 4 is 17.3 Å². The van der Waals surface area contributed by atoms with Crippen molar-refractivity contribution in [2.24, 2.45) is 5.92 Å². The summed E-state index contributed by atoms with van der Waals surface area (Å²) in [6, 6.07) is 6.79. The zero-order chi connectivity index (χ0) is 30.0. The van der Waals surface area contributed by atoms with E-state index in [4.69, 9.17) is 4.74 Å². The first-order chi connectivity index (χ1) is 19.5. The molecule has 0 aliphatic heterocycles. The molecule has 1 aliphatic rings. The number of ether oxygens (including phenoxy) is 1. The number of nitrogens with one attached hydrogen (secondary N) is 1. The van der Waals surface area contributed by atoms with E-state index in [1.165, 1.54) is 6.07 Å². The molecule has 1 fully saturated rings. The zero-order valence-electron chi connectivity index (χ0n) is 24.1. The maximum Gasteiger partial charge on any atom is 0.423 e. The first-order valence-electron chi connectivity index (χ1n) is 14.5. The van der Waals surface area contributed by atoms with E-state index >= 15 is 0 Å². The number of halogens is 3. The van der Waals surface area contributed by atoms with Gasteiger partial charge in [-0.05, 0) is 75.5 Å². The number of carbonyl (C=O) groups is 1. The van der Waals surface area contributed by atoms with Gasteiger partial charge in [-0.3, -0.25) is 19.9 Å². The van der Waals surface area contributed by atoms with Gasteiger partial charge >= 0.3 is 6.18 Å². The normalized spacial score (nSPS) is 18.0. The first-order valence-corrected chi connectivity index (χ1v) is 14.5. The van der Waals surface area contributed by atoms with Crippen LogP contribution in [0.5, 0.6) is 5.75 Å². The fourth-order valence-corrected chi connectivity index (χ4v) is 5.20. The van der Waals surface area contributed by atoms with Crippen LogP contribution in [0.3, 0.4) is 0 Å². The average molecular weight is 579 g/mol. The molecule has 1 N–H and O–H groups in total. The van der Waals surface area contributed by atoms with E-state index in [1.807, 2.05) is 24.0 Å². The molecule has 1 atom stereocenters. The summed E-state index contributed by atoms with van der Waals surface area (Å²) in [6.45, 7) is 7.77. The van der Waals surface area contributed by atoms with Gasteiger partial charge in [-0.15, -0.1) is 0 Å². The van der Waals surface area contributed by atoms with Gasteiger partial charge < -0.3 is 15.0 Å². The van der Waals surface area contributed by atoms with Crippen LogP contribution in [0.4, 0.5) is 24.5 Å². The summed E-state index contributed by atoms with van der Waals surface area (Å²) in [5.74, 6) is 1.42. The molecule has 1 heterocycles. The van der Waals surface area contributed by atoms with E-state index in [9.17, 15) is 28.1 Å². The Kier molecular flexibility index (Phi) is 11.8. The highest BCUT2D eigenvalue weighted by Crippen LogP contribution is 2.38. The van der Waals surface area contributed by atoms with Crippen molar-refractivity contribution in [3.05, 3.63) is 57.9 Å². The van der Waals surface area contributed by atoms with Crippen LogP contribution in [0.2, 0.25) is 0 Å². The summed E-state index contributed by atoms with van der Waals surface area (Å²) >= 11 is 0. The molecule has 0 spiro atoms. The number of alkyl halides is 3. The lowest BCUT2D eigenvalue weighted by Crippen LogP contribution is -2.32. The molecule has 8 nitrogen and oxygen atoms in total. The number of rotatable bonds is 14. The average Bonchev–Trinajstić information content (AvgIpc) is 2.94. The Morgan fingerprint density at radius 1 is 1.15 bits per heavy atom. The predicted octanol–water partition coefficient (Wildman–Crippen LogP) is 7.42. The molecule has 1 aromatic carbocycles. The summed E-state index contributed by atoms with van der Waals surface area (Å²) in [4.78, 5) is 28.5. The SMILES string of the molecule is CCCN(CCC(C)CCc1cc(OC2CCC(Nc3ccc([N+](=O)[O-])c(C(F)(F)F)c3)CC2)ccn1)C(=O)CC. The monoisotopic (exact) mass is 578 g/mol. The lowest BCUT2D eigenvalue weighted by Gasteiger charge is -2.30. The van der Waals surface area contributed by atoms with Crippen molar-refractivity contribution in [1.29, 1.82) is 0 Å². The molecule has 3 rings (SSSR count). The summed E-state index contributed by atoms with van der Waals surface area (Å²) in [5.41, 5.74) is -1.03. The van der Waals surface area contributed by atoms with Crippen LogP contribution in [0.15, 0.2) is 36.5 Å². The fourth-order valence-electron chi connectivity index (χ4n) is 5.20. The molecule has 11 heteroatoms. The van der Waals surface area contributed by atoms with Crippen LogP contribution >= 0.6 is 0 Å². The highest BCUT2D eigenvalue weighted by atomic mass is 19.4. The number of anilines is 1. The summed E-state index contributed by atoms with van der Waals surface area (Å²) < 4.78 is 46.1. The third kappa shape index (κ3) is 9.89. The Balaban J connectivity index is 1.46. The minimum Gasteiger partial charge on any atom is -0.490 e. The lowest BCUT2D eigenvalue weighted by molar-refractivity contribution is -0.388. The molecule has 0 bridgehead atoms. The number of hydrogen-bond acceptors (Lipinski definition) is 6. The van der Waals surface area contributed by atoms with Gasteiger partial charge in [-0.2, -0.15) is 13.2 Å². The quantitative estimate of drug-likeness (QED) is 0.185. The predicted molar refractivity (Wildman–Crippen MR) is 152 cm³/mol. The van der Waals surface area contributed by atoms with Crippen molar-refractivity contribution in [2.75, 3.05) is 18.4 Å². The second kappa shape index (κ2) is 15.0. The molecule has 1 saturated carbocycles. The molecule has 1 unspecified atom stereocenters. The maximum absolute atomic E-state index is 13.3. The summed E-state index contributed by atoms with van der Waals surface area (Å²) in [5, 5.41) is 14.1. The van der Waals surface area contributed by atoms with Crippen molar-refractivity contribution in [3.63, 3.8) is 0 Å². The molecule has 1 aromatic heterocycles. The smallest absolute Gasteiger partial charge is 0.423 e. The molecule has 226 valence electrons. The van der Waals surface area contributed by atoms with E-state index in [0.29, 0.717) is 25.2 Å². The first kappa shape index (κ1) is 32.1. The number of amides is 1. The van der Waals surface area contributed by atoms with Crippen molar-refractivity contribution < 1.29 is 27.6 Å². The number of aryl methyl sites for hydroxylation is 1. The Labute approximate surface area is 239 Å². The standard InChI is InChI=1S/C30H41F3N4O4/c1-4-17-36(29(38)5-2)18-15-21(3)6-7-23-19-26(14-16-34-23)41-25-11-8-22(9-12-25)35-24-10-13-28(37(39)40)27(20-24)30(31,32)33/h10,13-14,16,19-22,25,35H,4-9,11-12,15,17-18H2,1-3H3. The van der Waals surface area contributed by atoms with E-state index < -0.39 is 22.4 Å². The fraction of sp³-hybridized carbons (Fsp3) is 0.600. The highest BCUT2D eigenvalue weighted by molar-refractivity contribution is 5.75. The number of nitro benzene ring substituents is 1. The zero-order valence-corrected chi connectivity index (χ0v) is 24.1. The molecule has 1 aliphatic carbocycles. The Hall–Kier alpha value is -3.37. The molecule has 1 amide bonds. The number of nitro groups is 1. The van der Waals surface area contributed by atoms with Gasteiger partial charge in [0.05, 0.1) is 11.0 Å². The molecule has 41 heavy (non-hydrogen) atoms. The molecular formula is C30H41F3N4O4. The third-order valence-electron chi connectivity index (χ3n) is 7.57. The van der Waals surface area contributed by atoms with Crippen molar-refractivity contribution in [3.8, 4) is 5.75 Å². The van der Waals surface area contributed by atoms with Gasteiger partial charge in [0.15, 0.2) is 0 Å². The number of aromatic nitrogens is 1. The van der Waals surface area contributed by atoms with Crippen LogP contribution in [0.25, 0.3) is 0 Å². The Morgan fingerprint density at radius 2 is 1.88 bits per heavy atom. The third-order valence-corrected chi connectivity index (χ3v) is 7.57. The van der Waals surface area contributed by atoms with Crippen LogP contribution in [0, 0.1) is 16.0 Å². The van der Waals surface area contributed by atoms with Crippen molar-refractivity contribution in [2.45, 2.75) is 96.9 Å². The molecule has 2 aromatic rings. The second-order valence-corrected chi connectivity index (χ2v) is 10.9. The van der Waals surface area contributed by atoms with Crippen LogP contribution in [-0.2, 0) is 17.4 Å². The molecule has 0 saturated heterocycles. The van der Waals surface area contributed by atoms with Crippen molar-refractivity contribution in [1.82, 2.24) is 9.88 Å². The molecule has 0 radical (unpaired) electrons. The largest absolute Gasteiger partial charge is 0.490 e. The van der Waals surface area contributed by atoms with E-state index in [0.717, 1.165) is 75.2 Å². The Morgan fingerprint density at radius 3 is 2.51 bits per heavy atom. The van der Waals surface area contributed by atoms with Gasteiger partial charge in [0.1, 0.15) is 11.3 Å². The topological polar surface area (TPSA) is 97.6 Å². The van der Waals surface area contributed by atoms with Gasteiger partial charge in [0, 0.05) is 55.3 Å². The minimum atomic E-state index is -4.81. The minimum absolute atomic E-state index is 0.00882. The Bertz CT molecular complexity index is 1150. The number of pyridine rings is 1. The van der Waals surface area contributed by atoms with E-state index in [1.54, 1.807) is 6.20 Å². The highest BCUT2D eigenvalue weighted by Gasteiger charge is 2.38. The number of nitrogens with zero attached hydrogens (tertiary/aromatic N) is 3. The van der Waals surface area contributed by atoms with Crippen LogP contribution in [-0.4, -0.2) is 45.9 Å². The number of hydrogen-bond donors (Lipinski definition) is 1. The number of benzene rings is 1. The number of carbonyl (C=O) groups excluding carboxylic acids is 1. The second-order valence-electron chi connectivity index (χ2n) is 10.9.